The monoisotopic (exact) mass is 445 g/mol. The van der Waals surface area contributed by atoms with Gasteiger partial charge in [0.05, 0.1) is 24.0 Å². The Balaban J connectivity index is 2.04. The summed E-state index contributed by atoms with van der Waals surface area (Å²) in [6.45, 7) is 4.14. The summed E-state index contributed by atoms with van der Waals surface area (Å²) < 4.78 is 58.6. The van der Waals surface area contributed by atoms with E-state index in [9.17, 15) is 26.4 Å². The van der Waals surface area contributed by atoms with Gasteiger partial charge in [0, 0.05) is 26.2 Å². The average molecular weight is 446 g/mol. The number of carbonyl (C=O) groups is 2. The van der Waals surface area contributed by atoms with Crippen molar-refractivity contribution in [2.45, 2.75) is 18.7 Å². The number of ether oxygens (including phenoxy) is 1. The van der Waals surface area contributed by atoms with Crippen LogP contribution < -0.4 is 9.04 Å². The van der Waals surface area contributed by atoms with Gasteiger partial charge in [0.15, 0.2) is 0 Å². The SMILES string of the molecule is CCOc1ccc(N2C(=O)C(C)CS2(=O)=O)cc1S(=O)(=O)N1CCN(C=O)CC1. The van der Waals surface area contributed by atoms with Gasteiger partial charge in [-0.05, 0) is 25.1 Å². The van der Waals surface area contributed by atoms with Crippen molar-refractivity contribution in [2.24, 2.45) is 5.92 Å². The number of anilines is 1. The molecule has 160 valence electrons. The van der Waals surface area contributed by atoms with E-state index in [1.807, 2.05) is 0 Å². The summed E-state index contributed by atoms with van der Waals surface area (Å²) in [7, 11) is -7.91. The van der Waals surface area contributed by atoms with Gasteiger partial charge in [0.2, 0.25) is 32.4 Å². The quantitative estimate of drug-likeness (QED) is 0.559. The van der Waals surface area contributed by atoms with Gasteiger partial charge in [0.25, 0.3) is 0 Å². The Morgan fingerprint density at radius 2 is 1.86 bits per heavy atom. The molecule has 29 heavy (non-hydrogen) atoms. The topological polar surface area (TPSA) is 121 Å². The van der Waals surface area contributed by atoms with Crippen LogP contribution in [-0.4, -0.2) is 76.9 Å². The van der Waals surface area contributed by atoms with E-state index in [0.29, 0.717) is 10.7 Å². The number of piperazine rings is 1. The number of nitrogens with zero attached hydrogens (tertiary/aromatic N) is 3. The van der Waals surface area contributed by atoms with Gasteiger partial charge >= 0.3 is 0 Å². The molecule has 2 aliphatic heterocycles. The van der Waals surface area contributed by atoms with Crippen LogP contribution >= 0.6 is 0 Å². The second kappa shape index (κ2) is 7.92. The minimum absolute atomic E-state index is 0.0343. The molecule has 1 aromatic rings. The van der Waals surface area contributed by atoms with Gasteiger partial charge in [0.1, 0.15) is 10.6 Å². The second-order valence-electron chi connectivity index (χ2n) is 6.89. The van der Waals surface area contributed by atoms with Crippen LogP contribution in [0.2, 0.25) is 0 Å². The molecule has 0 aliphatic carbocycles. The van der Waals surface area contributed by atoms with Crippen LogP contribution in [0.4, 0.5) is 5.69 Å². The summed E-state index contributed by atoms with van der Waals surface area (Å²) in [6, 6.07) is 3.89. The molecule has 0 bridgehead atoms. The minimum atomic E-state index is -4.03. The lowest BCUT2D eigenvalue weighted by Crippen LogP contribution is -2.48. The van der Waals surface area contributed by atoms with E-state index >= 15 is 0 Å². The van der Waals surface area contributed by atoms with E-state index in [-0.39, 0.29) is 54.9 Å². The predicted molar refractivity (Wildman–Crippen MR) is 104 cm³/mol. The average Bonchev–Trinajstić information content (AvgIpc) is 2.89. The first-order valence-electron chi connectivity index (χ1n) is 9.15. The smallest absolute Gasteiger partial charge is 0.246 e. The highest BCUT2D eigenvalue weighted by atomic mass is 32.2. The van der Waals surface area contributed by atoms with Gasteiger partial charge in [-0.15, -0.1) is 0 Å². The van der Waals surface area contributed by atoms with E-state index < -0.39 is 31.9 Å². The number of hydrogen-bond donors (Lipinski definition) is 0. The van der Waals surface area contributed by atoms with E-state index in [4.69, 9.17) is 4.74 Å². The highest BCUT2D eigenvalue weighted by molar-refractivity contribution is 7.94. The first-order valence-corrected chi connectivity index (χ1v) is 12.2. The number of hydrogen-bond acceptors (Lipinski definition) is 7. The number of sulfonamides is 2. The molecule has 2 aliphatic rings. The van der Waals surface area contributed by atoms with Crippen molar-refractivity contribution < 1.29 is 31.2 Å². The van der Waals surface area contributed by atoms with E-state index in [2.05, 4.69) is 0 Å². The molecule has 2 fully saturated rings. The van der Waals surface area contributed by atoms with Crippen LogP contribution in [0, 0.1) is 5.92 Å². The Bertz CT molecular complexity index is 1020. The maximum atomic E-state index is 13.2. The summed E-state index contributed by atoms with van der Waals surface area (Å²) in [5.74, 6) is -1.55. The zero-order chi connectivity index (χ0) is 21.4. The largest absolute Gasteiger partial charge is 0.492 e. The van der Waals surface area contributed by atoms with Gasteiger partial charge in [-0.1, -0.05) is 6.92 Å². The Hall–Kier alpha value is -2.18. The lowest BCUT2D eigenvalue weighted by atomic mass is 10.2. The van der Waals surface area contributed by atoms with Crippen LogP contribution in [0.3, 0.4) is 0 Å². The Morgan fingerprint density at radius 3 is 2.38 bits per heavy atom. The molecule has 0 aromatic heterocycles. The molecular formula is C17H23N3O7S2. The molecule has 1 aromatic carbocycles. The minimum Gasteiger partial charge on any atom is -0.492 e. The van der Waals surface area contributed by atoms with Crippen LogP contribution in [0.1, 0.15) is 13.8 Å². The van der Waals surface area contributed by atoms with Gasteiger partial charge in [-0.3, -0.25) is 9.59 Å². The van der Waals surface area contributed by atoms with Crippen molar-refractivity contribution in [3.8, 4) is 5.75 Å². The lowest BCUT2D eigenvalue weighted by Gasteiger charge is -2.32. The third-order valence-electron chi connectivity index (χ3n) is 4.86. The van der Waals surface area contributed by atoms with Crippen molar-refractivity contribution in [2.75, 3.05) is 42.8 Å². The normalized spacial score (nSPS) is 22.7. The van der Waals surface area contributed by atoms with Crippen molar-refractivity contribution in [3.05, 3.63) is 18.2 Å². The molecule has 2 saturated heterocycles. The summed E-state index contributed by atoms with van der Waals surface area (Å²) in [5.41, 5.74) is -0.0343. The molecule has 2 amide bonds. The first-order chi connectivity index (χ1) is 13.6. The maximum Gasteiger partial charge on any atom is 0.246 e. The summed E-state index contributed by atoms with van der Waals surface area (Å²) in [4.78, 5) is 24.5. The summed E-state index contributed by atoms with van der Waals surface area (Å²) in [5, 5.41) is 0. The lowest BCUT2D eigenvalue weighted by molar-refractivity contribution is -0.120. The molecule has 0 N–H and O–H groups in total. The molecule has 12 heteroatoms. The molecule has 10 nitrogen and oxygen atoms in total. The van der Waals surface area contributed by atoms with E-state index in [1.54, 1.807) is 6.92 Å². The van der Waals surface area contributed by atoms with Crippen LogP contribution in [0.5, 0.6) is 5.75 Å². The van der Waals surface area contributed by atoms with Crippen molar-refractivity contribution in [3.63, 3.8) is 0 Å². The Morgan fingerprint density at radius 1 is 1.21 bits per heavy atom. The number of benzene rings is 1. The zero-order valence-corrected chi connectivity index (χ0v) is 17.8. The van der Waals surface area contributed by atoms with Crippen molar-refractivity contribution >= 4 is 38.1 Å². The Kier molecular flexibility index (Phi) is 5.88. The maximum absolute atomic E-state index is 13.2. The number of amides is 2. The van der Waals surface area contributed by atoms with E-state index in [1.165, 1.54) is 34.3 Å². The predicted octanol–water partition coefficient (Wildman–Crippen LogP) is -0.139. The van der Waals surface area contributed by atoms with Crippen molar-refractivity contribution in [1.82, 2.24) is 9.21 Å². The standard InChI is InChI=1S/C17H23N3O7S2/c1-3-27-15-5-4-14(20-17(22)13(2)11-28(20,23)24)10-16(15)29(25,26)19-8-6-18(12-21)7-9-19/h4-5,10,12-13H,3,6-9,11H2,1-2H3. The third-order valence-corrected chi connectivity index (χ3v) is 8.65. The fourth-order valence-electron chi connectivity index (χ4n) is 3.37. The van der Waals surface area contributed by atoms with Gasteiger partial charge in [-0.25, -0.2) is 21.1 Å². The van der Waals surface area contributed by atoms with E-state index in [0.717, 1.165) is 0 Å². The first kappa shape index (κ1) is 21.5. The molecule has 1 unspecified atom stereocenters. The van der Waals surface area contributed by atoms with Crippen LogP contribution in [-0.2, 0) is 29.6 Å². The van der Waals surface area contributed by atoms with Crippen LogP contribution in [0.25, 0.3) is 0 Å². The fraction of sp³-hybridized carbons (Fsp3) is 0.529. The second-order valence-corrected chi connectivity index (χ2v) is 10.7. The fourth-order valence-corrected chi connectivity index (χ4v) is 6.76. The number of rotatable bonds is 6. The number of carbonyl (C=O) groups excluding carboxylic acids is 2. The van der Waals surface area contributed by atoms with Crippen LogP contribution in [0.15, 0.2) is 23.1 Å². The molecule has 0 radical (unpaired) electrons. The molecule has 2 heterocycles. The zero-order valence-electron chi connectivity index (χ0n) is 16.1. The molecule has 0 saturated carbocycles. The highest BCUT2D eigenvalue weighted by Crippen LogP contribution is 2.35. The Labute approximate surface area is 170 Å². The third kappa shape index (κ3) is 3.96. The molecular weight excluding hydrogens is 422 g/mol. The van der Waals surface area contributed by atoms with Gasteiger partial charge < -0.3 is 9.64 Å². The molecule has 3 rings (SSSR count). The summed E-state index contributed by atoms with van der Waals surface area (Å²) >= 11 is 0. The highest BCUT2D eigenvalue weighted by Gasteiger charge is 2.43. The molecule has 1 atom stereocenters. The van der Waals surface area contributed by atoms with Gasteiger partial charge in [-0.2, -0.15) is 4.31 Å². The van der Waals surface area contributed by atoms with Crippen molar-refractivity contribution in [1.29, 1.82) is 0 Å². The summed E-state index contributed by atoms with van der Waals surface area (Å²) in [6.07, 6.45) is 0.668. The molecule has 0 spiro atoms.